The second-order valence-corrected chi connectivity index (χ2v) is 13.3. The van der Waals surface area contributed by atoms with E-state index in [9.17, 15) is 32.7 Å². The molecule has 3 aliphatic heterocycles. The van der Waals surface area contributed by atoms with Crippen LogP contribution in [-0.2, 0) is 15.7 Å². The number of carbonyl (C=O) groups excluding carboxylic acids is 3. The largest absolute Gasteiger partial charge is 0.505 e. The number of nitrogens with zero attached hydrogens (tertiary/aromatic N) is 7. The van der Waals surface area contributed by atoms with E-state index in [1.807, 2.05) is 11.8 Å². The molecule has 2 N–H and O–H groups in total. The highest BCUT2D eigenvalue weighted by atomic mass is 35.5. The molecular weight excluding hydrogens is 669 g/mol. The molecule has 1 aliphatic carbocycles. The predicted molar refractivity (Wildman–Crippen MR) is 169 cm³/mol. The third-order valence-electron chi connectivity index (χ3n) is 9.92. The lowest BCUT2D eigenvalue weighted by atomic mass is 9.69. The van der Waals surface area contributed by atoms with Crippen LogP contribution in [0.5, 0.6) is 5.75 Å². The Bertz CT molecular complexity index is 1870. The summed E-state index contributed by atoms with van der Waals surface area (Å²) in [4.78, 5) is 53.5. The Kier molecular flexibility index (Phi) is 8.33. The summed E-state index contributed by atoms with van der Waals surface area (Å²) in [5, 5.41) is 17.2. The summed E-state index contributed by atoms with van der Waals surface area (Å²) in [6, 6.07) is 5.64. The number of halogens is 4. The summed E-state index contributed by atoms with van der Waals surface area (Å²) < 4.78 is 48.0. The zero-order valence-electron chi connectivity index (χ0n) is 26.4. The number of piperidine rings is 1. The van der Waals surface area contributed by atoms with Gasteiger partial charge in [0.05, 0.1) is 35.2 Å². The third-order valence-corrected chi connectivity index (χ3v) is 10.2. The van der Waals surface area contributed by atoms with Crippen molar-refractivity contribution < 1.29 is 42.0 Å². The molecule has 5 heterocycles. The number of anilines is 2. The molecule has 0 bridgehead atoms. The molecule has 17 heteroatoms. The van der Waals surface area contributed by atoms with Crippen LogP contribution in [0.4, 0.5) is 30.8 Å². The summed E-state index contributed by atoms with van der Waals surface area (Å²) in [6.45, 7) is 4.29. The maximum absolute atomic E-state index is 14.4. The van der Waals surface area contributed by atoms with E-state index in [2.05, 4.69) is 15.4 Å². The third kappa shape index (κ3) is 5.90. The summed E-state index contributed by atoms with van der Waals surface area (Å²) >= 11 is 6.14. The molecule has 49 heavy (non-hydrogen) atoms. The number of hydrogen-bond acceptors (Lipinski definition) is 9. The molecule has 258 valence electrons. The van der Waals surface area contributed by atoms with E-state index in [0.29, 0.717) is 70.3 Å². The molecule has 3 fully saturated rings. The number of alkyl halides is 3. The first-order valence-electron chi connectivity index (χ1n) is 15.9. The molecule has 13 nitrogen and oxygen atoms in total. The molecule has 4 aliphatic rings. The standard InChI is InChI=1S/C32H32ClF3N8O5/c1-18-16-31(6-9-41(10-7-31)28(48)25-22(45)3-2-8-37-25)24-26(18)43(17-23(46)38-21-5-4-19(15-20(21)33)32(34,35)36)30-39-29(40-44(30)27(24)47)42-11-13-49-14-12-42/h2-5,8,15,18,24H,6-7,9-14,16-17H2,1H3,(H-,38,45,46,48)/p+1/t18-,24?/m0/s1. The zero-order valence-corrected chi connectivity index (χ0v) is 27.2. The number of aromatic nitrogens is 4. The van der Waals surface area contributed by atoms with E-state index in [1.165, 1.54) is 23.0 Å². The van der Waals surface area contributed by atoms with Gasteiger partial charge in [-0.05, 0) is 65.1 Å². The summed E-state index contributed by atoms with van der Waals surface area (Å²) in [6.07, 6.45) is -1.58. The van der Waals surface area contributed by atoms with Crippen molar-refractivity contribution in [2.75, 3.05) is 56.2 Å². The number of rotatable bonds is 5. The van der Waals surface area contributed by atoms with E-state index in [0.717, 1.165) is 18.2 Å². The van der Waals surface area contributed by atoms with Crippen molar-refractivity contribution in [2.45, 2.75) is 32.4 Å². The van der Waals surface area contributed by atoms with Gasteiger partial charge in [-0.25, -0.2) is 9.56 Å². The van der Waals surface area contributed by atoms with Crippen LogP contribution < -0.4 is 10.2 Å². The molecule has 1 aromatic carbocycles. The number of fused-ring (bicyclic) bond motifs is 3. The van der Waals surface area contributed by atoms with Gasteiger partial charge >= 0.3 is 24.0 Å². The highest BCUT2D eigenvalue weighted by molar-refractivity contribution is 6.33. The van der Waals surface area contributed by atoms with Crippen molar-refractivity contribution in [1.82, 2.24) is 24.6 Å². The highest BCUT2D eigenvalue weighted by Gasteiger charge is 2.61. The Labute approximate surface area is 283 Å². The van der Waals surface area contributed by atoms with Gasteiger partial charge in [0.15, 0.2) is 12.2 Å². The van der Waals surface area contributed by atoms with E-state index < -0.39 is 34.9 Å². The predicted octanol–water partition coefficient (Wildman–Crippen LogP) is 3.84. The lowest BCUT2D eigenvalue weighted by Gasteiger charge is -2.42. The fourth-order valence-electron chi connectivity index (χ4n) is 7.64. The molecule has 0 radical (unpaired) electrons. The maximum atomic E-state index is 14.4. The lowest BCUT2D eigenvalue weighted by Crippen LogP contribution is -2.51. The molecule has 1 unspecified atom stereocenters. The number of amides is 2. The minimum atomic E-state index is -4.60. The van der Waals surface area contributed by atoms with Gasteiger partial charge in [-0.3, -0.25) is 14.4 Å². The van der Waals surface area contributed by atoms with Crippen LogP contribution in [0.3, 0.4) is 0 Å². The second-order valence-electron chi connectivity index (χ2n) is 12.9. The van der Waals surface area contributed by atoms with Gasteiger partial charge in [0.25, 0.3) is 11.8 Å². The molecule has 2 amide bonds. The molecule has 2 atom stereocenters. The number of aromatic hydroxyl groups is 1. The molecular formula is C32H33ClF3N8O5+. The Morgan fingerprint density at radius 1 is 1.16 bits per heavy atom. The minimum absolute atomic E-state index is 0.0108. The fourth-order valence-corrected chi connectivity index (χ4v) is 7.87. The Morgan fingerprint density at radius 3 is 2.57 bits per heavy atom. The van der Waals surface area contributed by atoms with Crippen LogP contribution in [0.2, 0.25) is 5.02 Å². The van der Waals surface area contributed by atoms with Crippen LogP contribution in [0.25, 0.3) is 0 Å². The number of carbonyl (C=O) groups is 3. The molecule has 1 spiro atoms. The van der Waals surface area contributed by atoms with Gasteiger partial charge in [0.2, 0.25) is 0 Å². The summed E-state index contributed by atoms with van der Waals surface area (Å²) in [5.74, 6) is -1.78. The van der Waals surface area contributed by atoms with Crippen LogP contribution >= 0.6 is 11.6 Å². The quantitative estimate of drug-likeness (QED) is 0.379. The van der Waals surface area contributed by atoms with E-state index in [4.69, 9.17) is 21.3 Å². The first kappa shape index (κ1) is 33.0. The van der Waals surface area contributed by atoms with Crippen molar-refractivity contribution >= 4 is 52.6 Å². The number of benzene rings is 1. The average molecular weight is 702 g/mol. The number of pyridine rings is 1. The first-order valence-corrected chi connectivity index (χ1v) is 16.3. The zero-order chi connectivity index (χ0) is 34.7. The number of nitrogens with one attached hydrogen (secondary N) is 1. The first-order chi connectivity index (χ1) is 23.4. The summed E-state index contributed by atoms with van der Waals surface area (Å²) in [5.41, 5.74) is -0.816. The molecule has 7 rings (SSSR count). The Balaban J connectivity index is 1.21. The van der Waals surface area contributed by atoms with Gasteiger partial charge in [-0.2, -0.15) is 13.2 Å². The number of ether oxygens (including phenoxy) is 1. The van der Waals surface area contributed by atoms with Crippen molar-refractivity contribution in [2.24, 2.45) is 17.3 Å². The van der Waals surface area contributed by atoms with Crippen LogP contribution in [0.15, 0.2) is 36.5 Å². The Hall–Kier alpha value is -4.57. The smallest absolute Gasteiger partial charge is 0.430 e. The number of hydrogen-bond donors (Lipinski definition) is 2. The van der Waals surface area contributed by atoms with E-state index in [-0.39, 0.29) is 46.5 Å². The van der Waals surface area contributed by atoms with Crippen molar-refractivity contribution in [1.29, 1.82) is 0 Å². The highest BCUT2D eigenvalue weighted by Crippen LogP contribution is 2.54. The van der Waals surface area contributed by atoms with Gasteiger partial charge in [-0.1, -0.05) is 23.2 Å². The molecule has 1 saturated carbocycles. The Morgan fingerprint density at radius 2 is 1.90 bits per heavy atom. The van der Waals surface area contributed by atoms with Gasteiger partial charge < -0.3 is 25.0 Å². The SMILES string of the molecule is C[C@H]1CC2(CCN(C(=O)c3ncccc3O)CC2)C2C(=O)n3nc(N4CCOCC4)nc3[N+](CC(=O)Nc3ccc(C(F)(F)F)cc3Cl)=C21. The van der Waals surface area contributed by atoms with Gasteiger partial charge in [0.1, 0.15) is 11.7 Å². The van der Waals surface area contributed by atoms with Crippen molar-refractivity contribution in [3.05, 3.63) is 52.8 Å². The maximum Gasteiger partial charge on any atom is 0.430 e. The molecule has 2 saturated heterocycles. The van der Waals surface area contributed by atoms with Gasteiger partial charge in [0, 0.05) is 38.3 Å². The van der Waals surface area contributed by atoms with Crippen LogP contribution in [-0.4, -0.2) is 104 Å². The normalized spacial score (nSPS) is 21.9. The van der Waals surface area contributed by atoms with Crippen molar-refractivity contribution in [3.8, 4) is 5.75 Å². The molecule has 2 aromatic heterocycles. The van der Waals surface area contributed by atoms with E-state index >= 15 is 0 Å². The monoisotopic (exact) mass is 701 g/mol. The minimum Gasteiger partial charge on any atom is -0.505 e. The average Bonchev–Trinajstić information content (AvgIpc) is 3.64. The number of likely N-dealkylation sites (tertiary alicyclic amines) is 1. The lowest BCUT2D eigenvalue weighted by molar-refractivity contribution is -0.444. The van der Waals surface area contributed by atoms with Crippen LogP contribution in [0.1, 0.15) is 47.0 Å². The summed E-state index contributed by atoms with van der Waals surface area (Å²) in [7, 11) is 0. The van der Waals surface area contributed by atoms with Crippen molar-refractivity contribution in [3.63, 3.8) is 0 Å². The number of morpholine rings is 1. The second kappa shape index (κ2) is 12.4. The van der Waals surface area contributed by atoms with Crippen LogP contribution in [0, 0.1) is 17.3 Å². The van der Waals surface area contributed by atoms with Gasteiger partial charge in [-0.15, -0.1) is 0 Å². The topological polar surface area (TPSA) is 146 Å². The van der Waals surface area contributed by atoms with E-state index in [1.54, 1.807) is 9.48 Å². The fraction of sp³-hybridized carbons (Fsp3) is 0.469. The molecule has 3 aromatic rings.